The maximum atomic E-state index is 12.7. The number of carbonyl (C=O) groups is 2. The third-order valence-electron chi connectivity index (χ3n) is 4.39. The van der Waals surface area contributed by atoms with E-state index in [-0.39, 0.29) is 28.8 Å². The topological polar surface area (TPSA) is 126 Å². The molecule has 1 aliphatic heterocycles. The summed E-state index contributed by atoms with van der Waals surface area (Å²) in [4.78, 5) is 32.6. The second kappa shape index (κ2) is 8.81. The van der Waals surface area contributed by atoms with Crippen LogP contribution in [0.15, 0.2) is 42.6 Å². The van der Waals surface area contributed by atoms with Gasteiger partial charge in [0.1, 0.15) is 11.4 Å². The predicted octanol–water partition coefficient (Wildman–Crippen LogP) is 0.981. The molecule has 28 heavy (non-hydrogen) atoms. The maximum absolute atomic E-state index is 12.7. The number of anilines is 1. The molecule has 2 amide bonds. The summed E-state index contributed by atoms with van der Waals surface area (Å²) in [5, 5.41) is 9.92. The van der Waals surface area contributed by atoms with Gasteiger partial charge in [-0.3, -0.25) is 18.8 Å². The number of aromatic hydroxyl groups is 1. The third-order valence-corrected chi connectivity index (χ3v) is 4.78. The molecule has 10 heteroatoms. The first-order valence-corrected chi connectivity index (χ1v) is 9.71. The van der Waals surface area contributed by atoms with E-state index in [9.17, 15) is 23.5 Å². The highest BCUT2D eigenvalue weighted by atomic mass is 32.2. The van der Waals surface area contributed by atoms with Crippen LogP contribution in [0.4, 0.5) is 5.69 Å². The summed E-state index contributed by atoms with van der Waals surface area (Å²) in [5.74, 6) is -0.803. The van der Waals surface area contributed by atoms with E-state index < -0.39 is 11.3 Å². The zero-order valence-electron chi connectivity index (χ0n) is 14.9. The summed E-state index contributed by atoms with van der Waals surface area (Å²) in [6.07, 6.45) is 2.18. The second-order valence-electron chi connectivity index (χ2n) is 6.22. The Kier molecular flexibility index (Phi) is 6.22. The lowest BCUT2D eigenvalue weighted by Crippen LogP contribution is -2.37. The van der Waals surface area contributed by atoms with Crippen molar-refractivity contribution in [1.82, 2.24) is 14.8 Å². The van der Waals surface area contributed by atoms with Crippen LogP contribution in [0, 0.1) is 0 Å². The molecule has 1 unspecified atom stereocenters. The minimum atomic E-state index is -2.57. The van der Waals surface area contributed by atoms with Crippen LogP contribution in [0.2, 0.25) is 0 Å². The van der Waals surface area contributed by atoms with Crippen LogP contribution in [0.5, 0.6) is 5.75 Å². The Bertz CT molecular complexity index is 893. The van der Waals surface area contributed by atoms with Crippen molar-refractivity contribution < 1.29 is 23.5 Å². The Morgan fingerprint density at radius 1 is 1.07 bits per heavy atom. The average Bonchev–Trinajstić information content (AvgIpc) is 2.95. The SMILES string of the molecule is O=C(c1ccc(NS(=O)[O-])c(O)c1)N1CCCN(C(=O)c2ccccn2)CC1. The highest BCUT2D eigenvalue weighted by Gasteiger charge is 2.24. The van der Waals surface area contributed by atoms with E-state index in [0.29, 0.717) is 38.3 Å². The van der Waals surface area contributed by atoms with E-state index >= 15 is 0 Å². The fourth-order valence-corrected chi connectivity index (χ4v) is 3.35. The number of phenols is 1. The van der Waals surface area contributed by atoms with Gasteiger partial charge in [0.2, 0.25) is 0 Å². The summed E-state index contributed by atoms with van der Waals surface area (Å²) < 4.78 is 23.4. The quantitative estimate of drug-likeness (QED) is 0.579. The van der Waals surface area contributed by atoms with E-state index in [1.54, 1.807) is 34.2 Å². The van der Waals surface area contributed by atoms with Gasteiger partial charge in [-0.15, -0.1) is 0 Å². The molecule has 2 aromatic rings. The molecule has 1 aliphatic rings. The number of nitrogens with zero attached hydrogens (tertiary/aromatic N) is 3. The number of nitrogens with one attached hydrogen (secondary N) is 1. The normalized spacial score (nSPS) is 15.6. The standard InChI is InChI=1S/C18H20N4O5S/c23-16-12-13(5-6-14(16)20-28(26)27)17(24)21-8-3-9-22(11-10-21)18(25)15-4-1-2-7-19-15/h1-2,4-7,12,20,23H,3,8-11H2,(H,26,27)/p-1. The number of pyridine rings is 1. The molecular weight excluding hydrogens is 384 g/mol. The fraction of sp³-hybridized carbons (Fsp3) is 0.278. The highest BCUT2D eigenvalue weighted by molar-refractivity contribution is 7.80. The first-order valence-electron chi connectivity index (χ1n) is 8.64. The molecule has 0 radical (unpaired) electrons. The number of phenolic OH excluding ortho intramolecular Hbond substituents is 1. The lowest BCUT2D eigenvalue weighted by molar-refractivity contribution is 0.0715. The summed E-state index contributed by atoms with van der Waals surface area (Å²) in [6, 6.07) is 9.14. The van der Waals surface area contributed by atoms with E-state index in [4.69, 9.17) is 0 Å². The molecule has 2 N–H and O–H groups in total. The van der Waals surface area contributed by atoms with Crippen molar-refractivity contribution >= 4 is 28.8 Å². The van der Waals surface area contributed by atoms with Crippen molar-refractivity contribution in [1.29, 1.82) is 0 Å². The van der Waals surface area contributed by atoms with Crippen molar-refractivity contribution in [3.05, 3.63) is 53.9 Å². The van der Waals surface area contributed by atoms with E-state index in [0.717, 1.165) is 0 Å². The smallest absolute Gasteiger partial charge is 0.272 e. The lowest BCUT2D eigenvalue weighted by Gasteiger charge is -2.22. The molecule has 1 saturated heterocycles. The van der Waals surface area contributed by atoms with Crippen molar-refractivity contribution in [3.8, 4) is 5.75 Å². The molecule has 0 saturated carbocycles. The van der Waals surface area contributed by atoms with Crippen molar-refractivity contribution in [2.24, 2.45) is 0 Å². The predicted molar refractivity (Wildman–Crippen MR) is 101 cm³/mol. The number of aromatic nitrogens is 1. The Morgan fingerprint density at radius 3 is 2.39 bits per heavy atom. The molecule has 1 aromatic heterocycles. The molecule has 1 aromatic carbocycles. The van der Waals surface area contributed by atoms with Crippen LogP contribution in [-0.2, 0) is 11.3 Å². The van der Waals surface area contributed by atoms with Gasteiger partial charge >= 0.3 is 0 Å². The first-order chi connectivity index (χ1) is 13.5. The Hall–Kier alpha value is -2.98. The first kappa shape index (κ1) is 19.8. The molecule has 2 heterocycles. The molecule has 3 rings (SSSR count). The van der Waals surface area contributed by atoms with Crippen molar-refractivity contribution in [2.75, 3.05) is 30.9 Å². The van der Waals surface area contributed by atoms with E-state index in [2.05, 4.69) is 9.71 Å². The summed E-state index contributed by atoms with van der Waals surface area (Å²) in [7, 11) is 0. The lowest BCUT2D eigenvalue weighted by atomic mass is 10.1. The van der Waals surface area contributed by atoms with Gasteiger partial charge in [0, 0.05) is 49.2 Å². The van der Waals surface area contributed by atoms with Gasteiger partial charge in [-0.1, -0.05) is 6.07 Å². The minimum absolute atomic E-state index is 0.00659. The molecule has 9 nitrogen and oxygen atoms in total. The Labute approximate surface area is 164 Å². The van der Waals surface area contributed by atoms with Crippen LogP contribution in [0.3, 0.4) is 0 Å². The summed E-state index contributed by atoms with van der Waals surface area (Å²) in [6.45, 7) is 1.71. The van der Waals surface area contributed by atoms with Gasteiger partial charge in [0.05, 0.1) is 5.69 Å². The average molecular weight is 403 g/mol. The number of rotatable bonds is 4. The number of amides is 2. The molecule has 0 spiro atoms. The van der Waals surface area contributed by atoms with Gasteiger partial charge < -0.3 is 24.2 Å². The number of carbonyl (C=O) groups excluding carboxylic acids is 2. The molecule has 0 aliphatic carbocycles. The van der Waals surface area contributed by atoms with E-state index in [1.807, 2.05) is 0 Å². The number of benzene rings is 1. The van der Waals surface area contributed by atoms with Gasteiger partial charge in [0.15, 0.2) is 0 Å². The number of hydrogen-bond donors (Lipinski definition) is 2. The summed E-state index contributed by atoms with van der Waals surface area (Å²) in [5.41, 5.74) is 0.600. The molecule has 1 fully saturated rings. The maximum Gasteiger partial charge on any atom is 0.272 e. The highest BCUT2D eigenvalue weighted by Crippen LogP contribution is 2.25. The largest absolute Gasteiger partial charge is 0.755 e. The zero-order valence-corrected chi connectivity index (χ0v) is 15.7. The van der Waals surface area contributed by atoms with Crippen LogP contribution in [0.25, 0.3) is 0 Å². The molecule has 148 valence electrons. The fourth-order valence-electron chi connectivity index (χ4n) is 3.00. The van der Waals surface area contributed by atoms with Crippen LogP contribution >= 0.6 is 0 Å². The second-order valence-corrected chi connectivity index (χ2v) is 6.90. The minimum Gasteiger partial charge on any atom is -0.755 e. The Balaban J connectivity index is 1.66. The van der Waals surface area contributed by atoms with Gasteiger partial charge in [-0.25, -0.2) is 0 Å². The summed E-state index contributed by atoms with van der Waals surface area (Å²) >= 11 is -2.57. The molecule has 0 bridgehead atoms. The van der Waals surface area contributed by atoms with Gasteiger partial charge in [-0.2, -0.15) is 0 Å². The Morgan fingerprint density at radius 2 is 1.79 bits per heavy atom. The van der Waals surface area contributed by atoms with Crippen LogP contribution < -0.4 is 4.72 Å². The number of hydrogen-bond acceptors (Lipinski definition) is 6. The third kappa shape index (κ3) is 4.65. The van der Waals surface area contributed by atoms with Gasteiger partial charge in [0.25, 0.3) is 11.8 Å². The van der Waals surface area contributed by atoms with Crippen LogP contribution in [-0.4, -0.2) is 66.6 Å². The van der Waals surface area contributed by atoms with Crippen LogP contribution in [0.1, 0.15) is 27.3 Å². The van der Waals surface area contributed by atoms with Crippen molar-refractivity contribution in [3.63, 3.8) is 0 Å². The zero-order chi connectivity index (χ0) is 20.1. The van der Waals surface area contributed by atoms with E-state index in [1.165, 1.54) is 18.2 Å². The molecule has 1 atom stereocenters. The molecular formula is C18H19N4O5S-. The van der Waals surface area contributed by atoms with Crippen molar-refractivity contribution in [2.45, 2.75) is 6.42 Å². The monoisotopic (exact) mass is 403 g/mol. The van der Waals surface area contributed by atoms with Gasteiger partial charge in [-0.05, 0) is 36.8 Å².